The summed E-state index contributed by atoms with van der Waals surface area (Å²) in [7, 11) is 0. The maximum absolute atomic E-state index is 3.91. The van der Waals surface area contributed by atoms with Gasteiger partial charge < -0.3 is 0 Å². The van der Waals surface area contributed by atoms with Crippen molar-refractivity contribution in [1.82, 2.24) is 4.90 Å². The Morgan fingerprint density at radius 1 is 1.14 bits per heavy atom. The zero-order chi connectivity index (χ0) is 10.2. The number of benzene rings is 1. The zero-order valence-electron chi connectivity index (χ0n) is 9.08. The zero-order valence-corrected chi connectivity index (χ0v) is 9.08. The molecule has 1 heteroatoms. The van der Waals surface area contributed by atoms with Crippen molar-refractivity contribution >= 4 is 0 Å². The molecule has 0 aliphatic heterocycles. The van der Waals surface area contributed by atoms with Crippen molar-refractivity contribution in [3.8, 4) is 0 Å². The average molecular weight is 190 g/mol. The Morgan fingerprint density at radius 2 is 1.86 bits per heavy atom. The van der Waals surface area contributed by atoms with Crippen molar-refractivity contribution in [1.29, 1.82) is 0 Å². The van der Waals surface area contributed by atoms with E-state index in [1.165, 1.54) is 18.5 Å². The predicted molar refractivity (Wildman–Crippen MR) is 62.0 cm³/mol. The minimum absolute atomic E-state index is 0.993. The summed E-state index contributed by atoms with van der Waals surface area (Å²) in [6, 6.07) is 10.6. The van der Waals surface area contributed by atoms with Crippen LogP contribution in [0.2, 0.25) is 0 Å². The van der Waals surface area contributed by atoms with Crippen molar-refractivity contribution in [2.75, 3.05) is 13.1 Å². The van der Waals surface area contributed by atoms with Crippen LogP contribution >= 0.6 is 0 Å². The third-order valence-electron chi connectivity index (χ3n) is 2.26. The lowest BCUT2D eigenvalue weighted by molar-refractivity contribution is 0.271. The maximum atomic E-state index is 3.91. The molecular weight excluding hydrogens is 170 g/mol. The second-order valence-corrected chi connectivity index (χ2v) is 3.62. The number of hydrogen-bond acceptors (Lipinski definition) is 1. The van der Waals surface area contributed by atoms with E-state index in [-0.39, 0.29) is 0 Å². The van der Waals surface area contributed by atoms with Crippen LogP contribution in [-0.4, -0.2) is 18.0 Å². The molecule has 0 amide bonds. The van der Waals surface area contributed by atoms with Crippen molar-refractivity contribution in [2.45, 2.75) is 26.3 Å². The smallest absolute Gasteiger partial charge is 0.0233 e. The van der Waals surface area contributed by atoms with E-state index in [0.717, 1.165) is 19.5 Å². The Labute approximate surface area is 87.7 Å². The monoisotopic (exact) mass is 190 g/mol. The van der Waals surface area contributed by atoms with Crippen molar-refractivity contribution < 1.29 is 0 Å². The Balaban J connectivity index is 2.46. The summed E-state index contributed by atoms with van der Waals surface area (Å²) in [6.07, 6.45) is 2.21. The molecule has 0 aliphatic carbocycles. The van der Waals surface area contributed by atoms with Gasteiger partial charge in [-0.25, -0.2) is 0 Å². The van der Waals surface area contributed by atoms with Gasteiger partial charge in [0.1, 0.15) is 0 Å². The van der Waals surface area contributed by atoms with Crippen molar-refractivity contribution in [3.05, 3.63) is 42.8 Å². The van der Waals surface area contributed by atoms with E-state index in [2.05, 4.69) is 49.1 Å². The lowest BCUT2D eigenvalue weighted by Gasteiger charge is -2.20. The van der Waals surface area contributed by atoms with Gasteiger partial charge in [-0.1, -0.05) is 44.2 Å². The van der Waals surface area contributed by atoms with Crippen LogP contribution < -0.4 is 0 Å². The Kier molecular flexibility index (Phi) is 5.31. The van der Waals surface area contributed by atoms with E-state index in [4.69, 9.17) is 0 Å². The highest BCUT2D eigenvalue weighted by Crippen LogP contribution is 2.05. The molecule has 1 rings (SSSR count). The molecule has 14 heavy (non-hydrogen) atoms. The van der Waals surface area contributed by atoms with E-state index in [9.17, 15) is 0 Å². The van der Waals surface area contributed by atoms with Crippen LogP contribution in [0.4, 0.5) is 0 Å². The predicted octanol–water partition coefficient (Wildman–Crippen LogP) is 3.12. The van der Waals surface area contributed by atoms with Gasteiger partial charge in [-0.05, 0) is 31.5 Å². The highest BCUT2D eigenvalue weighted by molar-refractivity contribution is 5.14. The Bertz CT molecular complexity index is 224. The summed E-state index contributed by atoms with van der Waals surface area (Å²) >= 11 is 0. The molecule has 0 bridgehead atoms. The normalized spacial score (nSPS) is 10.8. The van der Waals surface area contributed by atoms with Gasteiger partial charge in [0, 0.05) is 6.54 Å². The minimum atomic E-state index is 0.993. The first-order chi connectivity index (χ1) is 6.86. The summed E-state index contributed by atoms with van der Waals surface area (Å²) in [5.74, 6) is 0. The van der Waals surface area contributed by atoms with Gasteiger partial charge in [0.15, 0.2) is 0 Å². The molecular formula is C13H20N. The Morgan fingerprint density at radius 3 is 2.43 bits per heavy atom. The van der Waals surface area contributed by atoms with Crippen LogP contribution in [0.1, 0.15) is 25.3 Å². The molecule has 0 spiro atoms. The molecule has 0 N–H and O–H groups in total. The van der Waals surface area contributed by atoms with Gasteiger partial charge in [0.25, 0.3) is 0 Å². The topological polar surface area (TPSA) is 3.24 Å². The van der Waals surface area contributed by atoms with Gasteiger partial charge >= 0.3 is 0 Å². The fourth-order valence-corrected chi connectivity index (χ4v) is 1.65. The molecule has 0 saturated carbocycles. The SMILES string of the molecule is [CH2]CCN(CCC)Cc1ccccc1. The number of hydrogen-bond donors (Lipinski definition) is 0. The van der Waals surface area contributed by atoms with Crippen LogP contribution in [-0.2, 0) is 6.54 Å². The van der Waals surface area contributed by atoms with Gasteiger partial charge in [-0.2, -0.15) is 0 Å². The molecule has 0 fully saturated rings. The number of nitrogens with zero attached hydrogens (tertiary/aromatic N) is 1. The molecule has 0 aliphatic rings. The van der Waals surface area contributed by atoms with Crippen LogP contribution in [0.15, 0.2) is 30.3 Å². The largest absolute Gasteiger partial charge is 0.299 e. The molecule has 1 aromatic rings. The maximum Gasteiger partial charge on any atom is 0.0233 e. The van der Waals surface area contributed by atoms with Crippen molar-refractivity contribution in [3.63, 3.8) is 0 Å². The third kappa shape index (κ3) is 3.93. The second kappa shape index (κ2) is 6.61. The fraction of sp³-hybridized carbons (Fsp3) is 0.462. The van der Waals surface area contributed by atoms with E-state index in [1.54, 1.807) is 0 Å². The average Bonchev–Trinajstić information content (AvgIpc) is 2.20. The lowest BCUT2D eigenvalue weighted by Crippen LogP contribution is -2.24. The summed E-state index contributed by atoms with van der Waals surface area (Å²) in [6.45, 7) is 9.46. The standard InChI is InChI=1S/C13H20N/c1-3-10-14(11-4-2)12-13-8-6-5-7-9-13/h5-9H,1,3-4,10-12H2,2H3. The van der Waals surface area contributed by atoms with E-state index >= 15 is 0 Å². The second-order valence-electron chi connectivity index (χ2n) is 3.62. The lowest BCUT2D eigenvalue weighted by atomic mass is 10.2. The van der Waals surface area contributed by atoms with Gasteiger partial charge in [-0.3, -0.25) is 4.90 Å². The highest BCUT2D eigenvalue weighted by atomic mass is 15.1. The molecule has 77 valence electrons. The molecule has 0 heterocycles. The van der Waals surface area contributed by atoms with Gasteiger partial charge in [0.2, 0.25) is 0 Å². The molecule has 1 aromatic carbocycles. The van der Waals surface area contributed by atoms with Gasteiger partial charge in [0.05, 0.1) is 0 Å². The molecule has 0 unspecified atom stereocenters. The Hall–Kier alpha value is -0.820. The molecule has 1 radical (unpaired) electrons. The first-order valence-electron chi connectivity index (χ1n) is 5.42. The summed E-state index contributed by atoms with van der Waals surface area (Å²) < 4.78 is 0. The fourth-order valence-electron chi connectivity index (χ4n) is 1.65. The first kappa shape index (κ1) is 11.3. The van der Waals surface area contributed by atoms with Crippen LogP contribution in [0.3, 0.4) is 0 Å². The van der Waals surface area contributed by atoms with Crippen LogP contribution in [0, 0.1) is 6.92 Å². The third-order valence-corrected chi connectivity index (χ3v) is 2.26. The minimum Gasteiger partial charge on any atom is -0.299 e. The number of rotatable bonds is 6. The first-order valence-corrected chi connectivity index (χ1v) is 5.42. The highest BCUT2D eigenvalue weighted by Gasteiger charge is 2.02. The summed E-state index contributed by atoms with van der Waals surface area (Å²) in [4.78, 5) is 2.46. The van der Waals surface area contributed by atoms with Crippen LogP contribution in [0.25, 0.3) is 0 Å². The molecule has 0 saturated heterocycles. The van der Waals surface area contributed by atoms with Crippen LogP contribution in [0.5, 0.6) is 0 Å². The summed E-state index contributed by atoms with van der Waals surface area (Å²) in [5, 5.41) is 0. The van der Waals surface area contributed by atoms with Gasteiger partial charge in [-0.15, -0.1) is 0 Å². The van der Waals surface area contributed by atoms with Crippen molar-refractivity contribution in [2.24, 2.45) is 0 Å². The molecule has 0 atom stereocenters. The summed E-state index contributed by atoms with van der Waals surface area (Å²) in [5.41, 5.74) is 1.40. The van der Waals surface area contributed by atoms with E-state index in [0.29, 0.717) is 0 Å². The quantitative estimate of drug-likeness (QED) is 0.666. The van der Waals surface area contributed by atoms with E-state index < -0.39 is 0 Å². The molecule has 0 aromatic heterocycles. The van der Waals surface area contributed by atoms with E-state index in [1.807, 2.05) is 0 Å². The molecule has 1 nitrogen and oxygen atoms in total.